The van der Waals surface area contributed by atoms with Crippen LogP contribution in [-0.4, -0.2) is 63.3 Å². The second-order valence-corrected chi connectivity index (χ2v) is 7.97. The highest BCUT2D eigenvalue weighted by molar-refractivity contribution is 5.91. The van der Waals surface area contributed by atoms with Gasteiger partial charge in [-0.25, -0.2) is 14.4 Å². The van der Waals surface area contributed by atoms with Crippen molar-refractivity contribution in [3.8, 4) is 5.69 Å². The van der Waals surface area contributed by atoms with Gasteiger partial charge in [0.05, 0.1) is 11.4 Å². The zero-order valence-electron chi connectivity index (χ0n) is 17.2. The van der Waals surface area contributed by atoms with Crippen LogP contribution in [0.4, 0.5) is 15.3 Å². The van der Waals surface area contributed by atoms with Gasteiger partial charge in [0.15, 0.2) is 0 Å². The first kappa shape index (κ1) is 20.5. The molecule has 156 valence electrons. The quantitative estimate of drug-likeness (QED) is 0.808. The minimum Gasteiger partial charge on any atom is -0.444 e. The molecule has 0 radical (unpaired) electrons. The summed E-state index contributed by atoms with van der Waals surface area (Å²) in [5.74, 6) is 0. The highest BCUT2D eigenvalue weighted by Gasteiger charge is 2.28. The second kappa shape index (κ2) is 8.02. The third kappa shape index (κ3) is 4.79. The largest absolute Gasteiger partial charge is 0.444 e. The highest BCUT2D eigenvalue weighted by Crippen LogP contribution is 2.21. The molecule has 9 heteroatoms. The number of aromatic amines is 1. The molecule has 0 saturated carbocycles. The lowest BCUT2D eigenvalue weighted by Gasteiger charge is -2.35. The molecule has 0 unspecified atom stereocenters. The molecule has 1 aliphatic rings. The van der Waals surface area contributed by atoms with E-state index in [1.165, 1.54) is 4.57 Å². The Balaban J connectivity index is 1.66. The monoisotopic (exact) mass is 401 g/mol. The van der Waals surface area contributed by atoms with Crippen LogP contribution in [-0.2, 0) is 4.74 Å². The summed E-state index contributed by atoms with van der Waals surface area (Å²) in [5.41, 5.74) is 1.05. The molecule has 2 aromatic rings. The number of nitrogens with one attached hydrogen (secondary N) is 2. The zero-order valence-corrected chi connectivity index (χ0v) is 17.2. The molecule has 29 heavy (non-hydrogen) atoms. The number of rotatable bonds is 2. The van der Waals surface area contributed by atoms with E-state index in [4.69, 9.17) is 4.74 Å². The number of urea groups is 1. The maximum Gasteiger partial charge on any atom is 0.410 e. The van der Waals surface area contributed by atoms with Crippen molar-refractivity contribution in [1.82, 2.24) is 19.4 Å². The average molecular weight is 401 g/mol. The number of nitrogens with zero attached hydrogens (tertiary/aromatic N) is 3. The predicted molar refractivity (Wildman–Crippen MR) is 110 cm³/mol. The Morgan fingerprint density at radius 3 is 2.28 bits per heavy atom. The van der Waals surface area contributed by atoms with Crippen molar-refractivity contribution < 1.29 is 14.3 Å². The van der Waals surface area contributed by atoms with Gasteiger partial charge in [0.1, 0.15) is 5.60 Å². The van der Waals surface area contributed by atoms with Crippen molar-refractivity contribution in [3.63, 3.8) is 0 Å². The van der Waals surface area contributed by atoms with Crippen molar-refractivity contribution in [2.24, 2.45) is 0 Å². The van der Waals surface area contributed by atoms with E-state index in [-0.39, 0.29) is 17.8 Å². The van der Waals surface area contributed by atoms with Gasteiger partial charge in [-0.1, -0.05) is 12.1 Å². The van der Waals surface area contributed by atoms with Gasteiger partial charge in [-0.3, -0.25) is 4.57 Å². The Kier molecular flexibility index (Phi) is 5.67. The van der Waals surface area contributed by atoms with Crippen LogP contribution in [0.1, 0.15) is 26.5 Å². The van der Waals surface area contributed by atoms with Gasteiger partial charge in [0.25, 0.3) is 0 Å². The molecular formula is C20H27N5O4. The number of aryl methyl sites for hydroxylation is 1. The molecule has 1 aliphatic heterocycles. The van der Waals surface area contributed by atoms with Crippen LogP contribution < -0.4 is 11.0 Å². The van der Waals surface area contributed by atoms with E-state index in [1.54, 1.807) is 34.2 Å². The van der Waals surface area contributed by atoms with Crippen molar-refractivity contribution in [1.29, 1.82) is 0 Å². The number of hydrogen-bond acceptors (Lipinski definition) is 4. The summed E-state index contributed by atoms with van der Waals surface area (Å²) >= 11 is 0. The van der Waals surface area contributed by atoms with E-state index in [9.17, 15) is 14.4 Å². The first-order valence-electron chi connectivity index (χ1n) is 9.56. The van der Waals surface area contributed by atoms with Crippen LogP contribution in [0.3, 0.4) is 0 Å². The summed E-state index contributed by atoms with van der Waals surface area (Å²) < 4.78 is 6.89. The topological polar surface area (TPSA) is 99.7 Å². The minimum atomic E-state index is -0.552. The van der Waals surface area contributed by atoms with E-state index in [0.717, 1.165) is 5.69 Å². The Morgan fingerprint density at radius 1 is 1.07 bits per heavy atom. The first-order valence-corrected chi connectivity index (χ1v) is 9.56. The van der Waals surface area contributed by atoms with E-state index in [0.29, 0.717) is 37.6 Å². The van der Waals surface area contributed by atoms with Gasteiger partial charge in [0, 0.05) is 38.1 Å². The molecule has 3 amide bonds. The number of benzene rings is 1. The summed E-state index contributed by atoms with van der Waals surface area (Å²) in [6.45, 7) is 8.89. The third-order valence-corrected chi connectivity index (χ3v) is 4.57. The molecule has 2 N–H and O–H groups in total. The number of para-hydroxylation sites is 2. The van der Waals surface area contributed by atoms with Crippen LogP contribution in [0.25, 0.3) is 5.69 Å². The first-order chi connectivity index (χ1) is 13.7. The fraction of sp³-hybridized carbons (Fsp3) is 0.450. The normalized spacial score (nSPS) is 14.6. The van der Waals surface area contributed by atoms with Crippen molar-refractivity contribution in [3.05, 3.63) is 46.6 Å². The molecule has 2 heterocycles. The number of carbonyl (C=O) groups is 2. The summed E-state index contributed by atoms with van der Waals surface area (Å²) in [6, 6.07) is 6.86. The van der Waals surface area contributed by atoms with Gasteiger partial charge < -0.3 is 24.8 Å². The fourth-order valence-corrected chi connectivity index (χ4v) is 3.14. The number of carbonyl (C=O) groups excluding carboxylic acids is 2. The lowest BCUT2D eigenvalue weighted by atomic mass is 10.2. The minimum absolute atomic E-state index is 0.268. The molecule has 0 atom stereocenters. The molecule has 1 aromatic carbocycles. The smallest absolute Gasteiger partial charge is 0.410 e. The van der Waals surface area contributed by atoms with Gasteiger partial charge >= 0.3 is 17.8 Å². The Bertz CT molecular complexity index is 948. The summed E-state index contributed by atoms with van der Waals surface area (Å²) in [6.07, 6.45) is 1.25. The summed E-state index contributed by atoms with van der Waals surface area (Å²) in [5, 5.41) is 2.88. The van der Waals surface area contributed by atoms with Crippen molar-refractivity contribution in [2.75, 3.05) is 31.5 Å². The SMILES string of the molecule is Cc1c[nH]c(=O)n1-c1ccccc1NC(=O)N1CCN(C(=O)OC(C)(C)C)CC1. The summed E-state index contributed by atoms with van der Waals surface area (Å²) in [7, 11) is 0. The Morgan fingerprint density at radius 2 is 1.69 bits per heavy atom. The maximum absolute atomic E-state index is 12.7. The lowest BCUT2D eigenvalue weighted by Crippen LogP contribution is -2.52. The van der Waals surface area contributed by atoms with E-state index < -0.39 is 5.60 Å². The Labute approximate surface area is 169 Å². The summed E-state index contributed by atoms with van der Waals surface area (Å²) in [4.78, 5) is 42.9. The predicted octanol–water partition coefficient (Wildman–Crippen LogP) is 2.56. The molecule has 0 bridgehead atoms. The van der Waals surface area contributed by atoms with Crippen LogP contribution in [0.5, 0.6) is 0 Å². The maximum atomic E-state index is 12.7. The number of hydrogen-bond donors (Lipinski definition) is 2. The van der Waals surface area contributed by atoms with Crippen molar-refractivity contribution in [2.45, 2.75) is 33.3 Å². The number of ether oxygens (including phenoxy) is 1. The Hall–Kier alpha value is -3.23. The number of H-pyrrole nitrogens is 1. The lowest BCUT2D eigenvalue weighted by molar-refractivity contribution is 0.0174. The molecule has 0 aliphatic carbocycles. The molecule has 3 rings (SSSR count). The number of piperazine rings is 1. The van der Waals surface area contributed by atoms with Gasteiger partial charge in [0.2, 0.25) is 0 Å². The van der Waals surface area contributed by atoms with Crippen molar-refractivity contribution >= 4 is 17.8 Å². The molecule has 1 aromatic heterocycles. The van der Waals surface area contributed by atoms with E-state index >= 15 is 0 Å². The van der Waals surface area contributed by atoms with Crippen LogP contribution >= 0.6 is 0 Å². The zero-order chi connectivity index (χ0) is 21.2. The average Bonchev–Trinajstić information content (AvgIpc) is 2.99. The number of aromatic nitrogens is 2. The van der Waals surface area contributed by atoms with Gasteiger partial charge in [-0.05, 0) is 39.8 Å². The highest BCUT2D eigenvalue weighted by atomic mass is 16.6. The fourth-order valence-electron chi connectivity index (χ4n) is 3.14. The van der Waals surface area contributed by atoms with E-state index in [1.807, 2.05) is 33.8 Å². The number of amides is 3. The van der Waals surface area contributed by atoms with Crippen LogP contribution in [0.2, 0.25) is 0 Å². The molecule has 9 nitrogen and oxygen atoms in total. The van der Waals surface area contributed by atoms with Crippen LogP contribution in [0.15, 0.2) is 35.3 Å². The van der Waals surface area contributed by atoms with Gasteiger partial charge in [-0.2, -0.15) is 0 Å². The number of anilines is 1. The van der Waals surface area contributed by atoms with Gasteiger partial charge in [-0.15, -0.1) is 0 Å². The standard InChI is InChI=1S/C20H27N5O4/c1-14-13-21-17(26)25(14)16-8-6-5-7-15(16)22-18(27)23-9-11-24(12-10-23)19(28)29-20(2,3)4/h5-8,13H,9-12H2,1-4H3,(H,21,26)(H,22,27). The molecule has 0 spiro atoms. The third-order valence-electron chi connectivity index (χ3n) is 4.57. The number of imidazole rings is 1. The van der Waals surface area contributed by atoms with Crippen LogP contribution in [0, 0.1) is 6.92 Å². The van der Waals surface area contributed by atoms with E-state index in [2.05, 4.69) is 10.3 Å². The molecule has 1 fully saturated rings. The second-order valence-electron chi connectivity index (χ2n) is 7.97. The molecule has 1 saturated heterocycles. The molecular weight excluding hydrogens is 374 g/mol.